The van der Waals surface area contributed by atoms with E-state index in [0.29, 0.717) is 19.4 Å². The van der Waals surface area contributed by atoms with Crippen LogP contribution >= 0.6 is 0 Å². The Hall–Kier alpha value is -1.08. The molecule has 0 spiro atoms. The van der Waals surface area contributed by atoms with Crippen LogP contribution in [0.5, 0.6) is 0 Å². The van der Waals surface area contributed by atoms with Crippen molar-refractivity contribution < 1.29 is 4.79 Å². The first-order valence-corrected chi connectivity index (χ1v) is 4.10. The van der Waals surface area contributed by atoms with E-state index in [9.17, 15) is 4.79 Å². The maximum atomic E-state index is 11.0. The first kappa shape index (κ1) is 10.9. The molecule has 4 nitrogen and oxygen atoms in total. The minimum atomic E-state index is -0.0698. The summed E-state index contributed by atoms with van der Waals surface area (Å²) in [7, 11) is 0. The lowest BCUT2D eigenvalue weighted by atomic mass is 10.1. The van der Waals surface area contributed by atoms with Crippen LogP contribution < -0.4 is 11.1 Å². The van der Waals surface area contributed by atoms with Crippen LogP contribution in [0, 0.1) is 11.3 Å². The Morgan fingerprint density at radius 2 is 2.42 bits per heavy atom. The second-order valence-corrected chi connectivity index (χ2v) is 2.63. The van der Waals surface area contributed by atoms with E-state index in [2.05, 4.69) is 5.32 Å². The molecule has 0 aliphatic carbocycles. The average molecular weight is 169 g/mol. The fourth-order valence-corrected chi connectivity index (χ4v) is 0.712. The highest BCUT2D eigenvalue weighted by molar-refractivity contribution is 5.76. The van der Waals surface area contributed by atoms with Gasteiger partial charge in [0.15, 0.2) is 0 Å². The summed E-state index contributed by atoms with van der Waals surface area (Å²) in [5.74, 6) is -0.0698. The molecule has 3 N–H and O–H groups in total. The van der Waals surface area contributed by atoms with Crippen LogP contribution in [0.2, 0.25) is 0 Å². The Bertz CT molecular complexity index is 174. The van der Waals surface area contributed by atoms with Crippen LogP contribution in [-0.2, 0) is 4.79 Å². The van der Waals surface area contributed by atoms with Crippen LogP contribution in [0.3, 0.4) is 0 Å². The van der Waals surface area contributed by atoms with Crippen molar-refractivity contribution in [3.8, 4) is 6.07 Å². The van der Waals surface area contributed by atoms with Gasteiger partial charge in [-0.15, -0.1) is 0 Å². The quantitative estimate of drug-likeness (QED) is 0.575. The number of amides is 1. The van der Waals surface area contributed by atoms with Gasteiger partial charge < -0.3 is 11.1 Å². The zero-order valence-electron chi connectivity index (χ0n) is 7.34. The van der Waals surface area contributed by atoms with Crippen molar-refractivity contribution in [2.45, 2.75) is 32.2 Å². The monoisotopic (exact) mass is 169 g/mol. The van der Waals surface area contributed by atoms with Gasteiger partial charge in [0.2, 0.25) is 5.91 Å². The van der Waals surface area contributed by atoms with E-state index in [1.54, 1.807) is 0 Å². The molecule has 0 aromatic rings. The fourth-order valence-electron chi connectivity index (χ4n) is 0.712. The molecular weight excluding hydrogens is 154 g/mol. The number of hydrogen-bond donors (Lipinski definition) is 2. The van der Waals surface area contributed by atoms with Gasteiger partial charge in [0.05, 0.1) is 12.5 Å². The number of nitrogens with one attached hydrogen (secondary N) is 1. The van der Waals surface area contributed by atoms with Gasteiger partial charge >= 0.3 is 0 Å². The maximum absolute atomic E-state index is 11.0. The molecule has 1 unspecified atom stereocenters. The molecule has 0 bridgehead atoms. The molecule has 0 aliphatic heterocycles. The number of hydrogen-bond acceptors (Lipinski definition) is 3. The highest BCUT2D eigenvalue weighted by Crippen LogP contribution is 1.92. The molecule has 0 rings (SSSR count). The summed E-state index contributed by atoms with van der Waals surface area (Å²) in [4.78, 5) is 11.0. The van der Waals surface area contributed by atoms with Crippen molar-refractivity contribution in [3.05, 3.63) is 0 Å². The van der Waals surface area contributed by atoms with Crippen molar-refractivity contribution >= 4 is 5.91 Å². The molecule has 0 aromatic heterocycles. The lowest BCUT2D eigenvalue weighted by Gasteiger charge is -2.07. The van der Waals surface area contributed by atoms with Crippen molar-refractivity contribution in [3.63, 3.8) is 0 Å². The third-order valence-electron chi connectivity index (χ3n) is 1.53. The van der Waals surface area contributed by atoms with Crippen molar-refractivity contribution in [1.29, 1.82) is 5.26 Å². The highest BCUT2D eigenvalue weighted by atomic mass is 16.1. The Morgan fingerprint density at radius 1 is 1.75 bits per heavy atom. The second-order valence-electron chi connectivity index (χ2n) is 2.63. The minimum Gasteiger partial charge on any atom is -0.355 e. The first-order valence-electron chi connectivity index (χ1n) is 4.10. The Balaban J connectivity index is 3.41. The molecule has 0 heterocycles. The molecule has 0 fully saturated rings. The Morgan fingerprint density at radius 3 is 2.92 bits per heavy atom. The number of nitrogens with zero attached hydrogens (tertiary/aromatic N) is 1. The topological polar surface area (TPSA) is 78.9 Å². The number of nitrogens with two attached hydrogens (primary N) is 1. The zero-order chi connectivity index (χ0) is 9.40. The molecule has 4 heteroatoms. The summed E-state index contributed by atoms with van der Waals surface area (Å²) in [6.07, 6.45) is 1.50. The molecular formula is C8H15N3O. The predicted octanol–water partition coefficient (Wildman–Crippen LogP) is 0.144. The summed E-state index contributed by atoms with van der Waals surface area (Å²) >= 11 is 0. The molecule has 0 aromatic carbocycles. The molecule has 68 valence electrons. The van der Waals surface area contributed by atoms with Crippen LogP contribution in [0.15, 0.2) is 0 Å². The van der Waals surface area contributed by atoms with E-state index in [-0.39, 0.29) is 11.9 Å². The van der Waals surface area contributed by atoms with Gasteiger partial charge in [-0.2, -0.15) is 5.26 Å². The van der Waals surface area contributed by atoms with E-state index >= 15 is 0 Å². The lowest BCUT2D eigenvalue weighted by molar-refractivity contribution is -0.121. The molecule has 12 heavy (non-hydrogen) atoms. The fraction of sp³-hybridized carbons (Fsp3) is 0.750. The van der Waals surface area contributed by atoms with Gasteiger partial charge in [-0.05, 0) is 6.42 Å². The van der Waals surface area contributed by atoms with E-state index in [0.717, 1.165) is 6.42 Å². The van der Waals surface area contributed by atoms with Crippen molar-refractivity contribution in [1.82, 2.24) is 5.32 Å². The summed E-state index contributed by atoms with van der Waals surface area (Å²) < 4.78 is 0. The molecule has 0 saturated heterocycles. The van der Waals surface area contributed by atoms with Gasteiger partial charge in [0.1, 0.15) is 0 Å². The lowest BCUT2D eigenvalue weighted by Crippen LogP contribution is -2.31. The van der Waals surface area contributed by atoms with E-state index in [1.807, 2.05) is 13.0 Å². The van der Waals surface area contributed by atoms with Gasteiger partial charge in [-0.1, -0.05) is 6.92 Å². The highest BCUT2D eigenvalue weighted by Gasteiger charge is 2.05. The van der Waals surface area contributed by atoms with Crippen LogP contribution in [0.25, 0.3) is 0 Å². The smallest absolute Gasteiger partial charge is 0.221 e. The number of carbonyl (C=O) groups is 1. The summed E-state index contributed by atoms with van der Waals surface area (Å²) in [5.41, 5.74) is 5.55. The number of carbonyl (C=O) groups excluding carboxylic acids is 1. The second kappa shape index (κ2) is 6.62. The third kappa shape index (κ3) is 5.69. The summed E-state index contributed by atoms with van der Waals surface area (Å²) in [6, 6.07) is 1.88. The van der Waals surface area contributed by atoms with Gasteiger partial charge in [0.25, 0.3) is 0 Å². The Labute approximate surface area is 72.7 Å². The standard InChI is InChI=1S/C8H15N3O/c1-2-7(10)6-8(12)11-5-3-4-9/h7H,2-3,5-6,10H2,1H3,(H,11,12). The van der Waals surface area contributed by atoms with Gasteiger partial charge in [-0.3, -0.25) is 4.79 Å². The van der Waals surface area contributed by atoms with Gasteiger partial charge in [0, 0.05) is 19.0 Å². The first-order chi connectivity index (χ1) is 5.70. The van der Waals surface area contributed by atoms with E-state index < -0.39 is 0 Å². The van der Waals surface area contributed by atoms with Gasteiger partial charge in [-0.25, -0.2) is 0 Å². The molecule has 0 saturated carbocycles. The molecule has 0 aliphatic rings. The van der Waals surface area contributed by atoms with E-state index in [4.69, 9.17) is 11.0 Å². The third-order valence-corrected chi connectivity index (χ3v) is 1.53. The van der Waals surface area contributed by atoms with Crippen LogP contribution in [0.4, 0.5) is 0 Å². The Kier molecular flexibility index (Phi) is 6.02. The molecule has 1 atom stereocenters. The maximum Gasteiger partial charge on any atom is 0.221 e. The molecule has 1 amide bonds. The zero-order valence-corrected chi connectivity index (χ0v) is 7.34. The summed E-state index contributed by atoms with van der Waals surface area (Å²) in [5, 5.41) is 10.8. The SMILES string of the molecule is CCC(N)CC(=O)NCCC#N. The van der Waals surface area contributed by atoms with Crippen molar-refractivity contribution in [2.75, 3.05) is 6.54 Å². The average Bonchev–Trinajstić information content (AvgIpc) is 2.05. The summed E-state index contributed by atoms with van der Waals surface area (Å²) in [6.45, 7) is 2.36. The van der Waals surface area contributed by atoms with E-state index in [1.165, 1.54) is 0 Å². The number of nitriles is 1. The molecule has 0 radical (unpaired) electrons. The van der Waals surface area contributed by atoms with Crippen molar-refractivity contribution in [2.24, 2.45) is 5.73 Å². The number of rotatable bonds is 5. The largest absolute Gasteiger partial charge is 0.355 e. The predicted molar refractivity (Wildman–Crippen MR) is 46.1 cm³/mol. The van der Waals surface area contributed by atoms with Crippen LogP contribution in [-0.4, -0.2) is 18.5 Å². The minimum absolute atomic E-state index is 0.0629. The normalized spacial score (nSPS) is 11.8. The van der Waals surface area contributed by atoms with Crippen LogP contribution in [0.1, 0.15) is 26.2 Å².